The first-order valence-electron chi connectivity index (χ1n) is 3.34. The van der Waals surface area contributed by atoms with Gasteiger partial charge in [-0.1, -0.05) is 11.5 Å². The Morgan fingerprint density at radius 1 is 1.64 bits per heavy atom. The van der Waals surface area contributed by atoms with Crippen LogP contribution in [0.5, 0.6) is 0 Å². The van der Waals surface area contributed by atoms with E-state index in [1.807, 2.05) is 0 Å². The minimum atomic E-state index is 0.00213. The first-order chi connectivity index (χ1) is 5.11. The molecule has 2 nitrogen and oxygen atoms in total. The average molecular weight is 145 g/mol. The molecule has 0 atom stereocenters. The third-order valence-corrected chi connectivity index (χ3v) is 1.49. The van der Waals surface area contributed by atoms with Crippen LogP contribution in [0.3, 0.4) is 0 Å². The molecule has 0 aliphatic heterocycles. The number of carbonyl (C=O) groups excluding carboxylic acids is 1. The number of aromatic nitrogens is 1. The van der Waals surface area contributed by atoms with Gasteiger partial charge in [-0.15, -0.1) is 0 Å². The summed E-state index contributed by atoms with van der Waals surface area (Å²) in [5.41, 5.74) is 1.86. The molecule has 54 valence electrons. The van der Waals surface area contributed by atoms with Crippen molar-refractivity contribution in [3.8, 4) is 0 Å². The van der Waals surface area contributed by atoms with E-state index in [0.29, 0.717) is 11.0 Å². The number of ketones is 1. The number of hydrogen-bond acceptors (Lipinski definition) is 2. The number of aryl methyl sites for hydroxylation is 1. The van der Waals surface area contributed by atoms with E-state index in [4.69, 9.17) is 7.85 Å². The maximum absolute atomic E-state index is 10.9. The Bertz CT molecular complexity index is 296. The minimum absolute atomic E-state index is 0.00213. The zero-order valence-corrected chi connectivity index (χ0v) is 6.59. The second-order valence-electron chi connectivity index (χ2n) is 2.46. The Hall–Kier alpha value is -1.12. The molecule has 1 aromatic heterocycles. The molecule has 3 heteroatoms. The van der Waals surface area contributed by atoms with Gasteiger partial charge in [-0.3, -0.25) is 9.78 Å². The van der Waals surface area contributed by atoms with E-state index < -0.39 is 0 Å². The maximum Gasteiger partial charge on any atom is 0.161 e. The summed E-state index contributed by atoms with van der Waals surface area (Å²) >= 11 is 0. The first kappa shape index (κ1) is 7.99. The van der Waals surface area contributed by atoms with Gasteiger partial charge in [0.1, 0.15) is 7.85 Å². The van der Waals surface area contributed by atoms with E-state index in [1.54, 1.807) is 19.2 Å². The van der Waals surface area contributed by atoms with Gasteiger partial charge in [0, 0.05) is 17.5 Å². The van der Waals surface area contributed by atoms with Crippen LogP contribution in [0.4, 0.5) is 0 Å². The Morgan fingerprint density at radius 2 is 2.27 bits per heavy atom. The Labute approximate surface area is 67.1 Å². The van der Waals surface area contributed by atoms with Crippen molar-refractivity contribution in [3.05, 3.63) is 23.5 Å². The van der Waals surface area contributed by atoms with Gasteiger partial charge in [0.15, 0.2) is 5.78 Å². The van der Waals surface area contributed by atoms with Crippen LogP contribution in [0.2, 0.25) is 0 Å². The molecule has 1 aromatic rings. The van der Waals surface area contributed by atoms with Crippen molar-refractivity contribution in [2.24, 2.45) is 0 Å². The number of hydrogen-bond donors (Lipinski definition) is 0. The normalized spacial score (nSPS) is 9.64. The fourth-order valence-electron chi connectivity index (χ4n) is 0.906. The van der Waals surface area contributed by atoms with Crippen LogP contribution in [0.15, 0.2) is 12.3 Å². The maximum atomic E-state index is 10.9. The van der Waals surface area contributed by atoms with E-state index in [0.717, 1.165) is 5.69 Å². The van der Waals surface area contributed by atoms with Gasteiger partial charge in [0.25, 0.3) is 0 Å². The predicted molar refractivity (Wildman–Crippen MR) is 44.4 cm³/mol. The fraction of sp³-hybridized carbons (Fsp3) is 0.250. The highest BCUT2D eigenvalue weighted by atomic mass is 16.1. The third-order valence-electron chi connectivity index (χ3n) is 1.49. The molecular formula is C8H8BNO. The molecular weight excluding hydrogens is 137 g/mol. The lowest BCUT2D eigenvalue weighted by Crippen LogP contribution is -2.09. The lowest BCUT2D eigenvalue weighted by atomic mass is 9.95. The standard InChI is InChI=1S/C8H8BNO/c1-5-8(6(2)11)3-7(9)4-10-5/h3-4H,1-2H3. The third kappa shape index (κ3) is 1.67. The van der Waals surface area contributed by atoms with Crippen LogP contribution in [0.25, 0.3) is 0 Å². The van der Waals surface area contributed by atoms with Gasteiger partial charge >= 0.3 is 0 Å². The summed E-state index contributed by atoms with van der Waals surface area (Å²) < 4.78 is 0. The smallest absolute Gasteiger partial charge is 0.161 e. The van der Waals surface area contributed by atoms with Crippen LogP contribution in [-0.2, 0) is 0 Å². The van der Waals surface area contributed by atoms with Gasteiger partial charge in [-0.25, -0.2) is 0 Å². The van der Waals surface area contributed by atoms with Crippen LogP contribution in [0.1, 0.15) is 23.0 Å². The van der Waals surface area contributed by atoms with Gasteiger partial charge in [-0.2, -0.15) is 0 Å². The minimum Gasteiger partial charge on any atom is -0.294 e. The molecule has 2 radical (unpaired) electrons. The number of Topliss-reactive ketones (excluding diaryl/α,β-unsaturated/α-hetero) is 1. The van der Waals surface area contributed by atoms with E-state index in [2.05, 4.69) is 4.98 Å². The Balaban J connectivity index is 3.23. The SMILES string of the molecule is [B]c1cnc(C)c(C(C)=O)c1. The molecule has 0 unspecified atom stereocenters. The van der Waals surface area contributed by atoms with E-state index in [1.165, 1.54) is 6.92 Å². The van der Waals surface area contributed by atoms with E-state index in [9.17, 15) is 4.79 Å². The largest absolute Gasteiger partial charge is 0.294 e. The van der Waals surface area contributed by atoms with E-state index in [-0.39, 0.29) is 5.78 Å². The van der Waals surface area contributed by atoms with Crippen molar-refractivity contribution >= 4 is 19.1 Å². The zero-order valence-electron chi connectivity index (χ0n) is 6.59. The van der Waals surface area contributed by atoms with E-state index >= 15 is 0 Å². The Morgan fingerprint density at radius 3 is 2.73 bits per heavy atom. The monoisotopic (exact) mass is 145 g/mol. The molecule has 1 rings (SSSR count). The molecule has 0 amide bonds. The molecule has 0 bridgehead atoms. The van der Waals surface area contributed by atoms with Crippen LogP contribution >= 0.6 is 0 Å². The summed E-state index contributed by atoms with van der Waals surface area (Å²) in [4.78, 5) is 14.9. The molecule has 0 aliphatic carbocycles. The summed E-state index contributed by atoms with van der Waals surface area (Å²) in [5, 5.41) is 0. The highest BCUT2D eigenvalue weighted by Crippen LogP contribution is 2.01. The topological polar surface area (TPSA) is 30.0 Å². The summed E-state index contributed by atoms with van der Waals surface area (Å²) in [6, 6.07) is 1.64. The second-order valence-corrected chi connectivity index (χ2v) is 2.46. The summed E-state index contributed by atoms with van der Waals surface area (Å²) in [6.07, 6.45) is 1.54. The van der Waals surface area contributed by atoms with Crippen molar-refractivity contribution in [1.29, 1.82) is 0 Å². The predicted octanol–water partition coefficient (Wildman–Crippen LogP) is 0.386. The van der Waals surface area contributed by atoms with Crippen LogP contribution < -0.4 is 5.46 Å². The van der Waals surface area contributed by atoms with Crippen molar-refractivity contribution in [2.45, 2.75) is 13.8 Å². The van der Waals surface area contributed by atoms with Crippen LogP contribution in [0, 0.1) is 6.92 Å². The molecule has 0 aromatic carbocycles. The number of pyridine rings is 1. The average Bonchev–Trinajstić information content (AvgIpc) is 1.94. The molecule has 1 heterocycles. The lowest BCUT2D eigenvalue weighted by Gasteiger charge is -2.00. The first-order valence-corrected chi connectivity index (χ1v) is 3.34. The molecule has 0 aliphatic rings. The van der Waals surface area contributed by atoms with Gasteiger partial charge < -0.3 is 0 Å². The number of carbonyl (C=O) groups is 1. The van der Waals surface area contributed by atoms with Gasteiger partial charge in [0.05, 0.1) is 0 Å². The van der Waals surface area contributed by atoms with Gasteiger partial charge in [0.2, 0.25) is 0 Å². The quantitative estimate of drug-likeness (QED) is 0.422. The molecule has 0 spiro atoms. The highest BCUT2D eigenvalue weighted by Gasteiger charge is 2.03. The Kier molecular flexibility index (Phi) is 2.08. The molecule has 11 heavy (non-hydrogen) atoms. The molecule has 0 N–H and O–H groups in total. The lowest BCUT2D eigenvalue weighted by molar-refractivity contribution is 0.101. The number of nitrogens with zero attached hydrogens (tertiary/aromatic N) is 1. The highest BCUT2D eigenvalue weighted by molar-refractivity contribution is 6.32. The van der Waals surface area contributed by atoms with Crippen molar-refractivity contribution in [3.63, 3.8) is 0 Å². The zero-order chi connectivity index (χ0) is 8.43. The molecule has 0 saturated carbocycles. The summed E-state index contributed by atoms with van der Waals surface area (Å²) in [6.45, 7) is 3.29. The second kappa shape index (κ2) is 2.87. The molecule has 0 fully saturated rings. The van der Waals surface area contributed by atoms with Crippen molar-refractivity contribution < 1.29 is 4.79 Å². The molecule has 0 saturated heterocycles. The summed E-state index contributed by atoms with van der Waals surface area (Å²) in [5.74, 6) is 0.00213. The van der Waals surface area contributed by atoms with Crippen LogP contribution in [-0.4, -0.2) is 18.6 Å². The fourth-order valence-corrected chi connectivity index (χ4v) is 0.906. The van der Waals surface area contributed by atoms with Crippen molar-refractivity contribution in [2.75, 3.05) is 0 Å². The number of rotatable bonds is 1. The van der Waals surface area contributed by atoms with Gasteiger partial charge in [-0.05, 0) is 13.8 Å². The summed E-state index contributed by atoms with van der Waals surface area (Å²) in [7, 11) is 5.45. The van der Waals surface area contributed by atoms with Crippen molar-refractivity contribution in [1.82, 2.24) is 4.98 Å².